The van der Waals surface area contributed by atoms with E-state index in [9.17, 15) is 14.9 Å². The number of aromatic nitrogens is 2. The summed E-state index contributed by atoms with van der Waals surface area (Å²) in [5.41, 5.74) is 5.26. The van der Waals surface area contributed by atoms with E-state index in [1.165, 1.54) is 36.5 Å². The lowest BCUT2D eigenvalue weighted by Gasteiger charge is -2.02. The highest BCUT2D eigenvalue weighted by Crippen LogP contribution is 2.17. The molecule has 0 aliphatic rings. The van der Waals surface area contributed by atoms with Crippen LogP contribution in [-0.2, 0) is 0 Å². The molecule has 0 fully saturated rings. The summed E-state index contributed by atoms with van der Waals surface area (Å²) in [5.74, 6) is 0.371. The fraction of sp³-hybridized carbons (Fsp3) is 0. The van der Waals surface area contributed by atoms with Crippen LogP contribution in [0, 0.1) is 10.1 Å². The van der Waals surface area contributed by atoms with Crippen LogP contribution < -0.4 is 10.5 Å². The molecule has 8 heteroatoms. The molecule has 0 unspecified atom stereocenters. The fourth-order valence-electron chi connectivity index (χ4n) is 1.22. The Labute approximate surface area is 101 Å². The number of nitrogens with zero attached hydrogens (tertiary/aromatic N) is 3. The number of benzene rings is 1. The first-order valence-electron chi connectivity index (χ1n) is 4.84. The van der Waals surface area contributed by atoms with Crippen molar-refractivity contribution in [1.82, 2.24) is 9.78 Å². The molecule has 92 valence electrons. The van der Waals surface area contributed by atoms with E-state index in [2.05, 4.69) is 5.10 Å². The van der Waals surface area contributed by atoms with Crippen molar-refractivity contribution in [2.45, 2.75) is 0 Å². The molecule has 0 aliphatic heterocycles. The molecule has 1 heterocycles. The summed E-state index contributed by atoms with van der Waals surface area (Å²) in [6.07, 6.45) is 0.601. The van der Waals surface area contributed by atoms with Crippen LogP contribution in [0.4, 0.5) is 16.3 Å². The van der Waals surface area contributed by atoms with Crippen LogP contribution in [0.3, 0.4) is 0 Å². The molecule has 0 aliphatic carbocycles. The van der Waals surface area contributed by atoms with Crippen LogP contribution in [0.2, 0.25) is 0 Å². The number of nitro groups is 1. The smallest absolute Gasteiger partial charge is 0.409 e. The van der Waals surface area contributed by atoms with Gasteiger partial charge in [-0.05, 0) is 12.1 Å². The van der Waals surface area contributed by atoms with Crippen molar-refractivity contribution in [3.63, 3.8) is 0 Å². The van der Waals surface area contributed by atoms with Crippen molar-refractivity contribution in [2.24, 2.45) is 0 Å². The maximum atomic E-state index is 11.5. The van der Waals surface area contributed by atoms with Crippen LogP contribution >= 0.6 is 0 Å². The van der Waals surface area contributed by atoms with E-state index < -0.39 is 11.0 Å². The van der Waals surface area contributed by atoms with E-state index in [1.54, 1.807) is 0 Å². The van der Waals surface area contributed by atoms with Crippen LogP contribution in [0.5, 0.6) is 5.75 Å². The van der Waals surface area contributed by atoms with E-state index >= 15 is 0 Å². The number of nitro benzene ring substituents is 1. The summed E-state index contributed by atoms with van der Waals surface area (Å²) in [4.78, 5) is 21.4. The third kappa shape index (κ3) is 2.43. The summed E-state index contributed by atoms with van der Waals surface area (Å²) in [6, 6.07) is 6.56. The minimum absolute atomic E-state index is 0.0851. The third-order valence-electron chi connectivity index (χ3n) is 2.05. The topological polar surface area (TPSA) is 113 Å². The highest BCUT2D eigenvalue weighted by atomic mass is 16.6. The first-order chi connectivity index (χ1) is 8.56. The largest absolute Gasteiger partial charge is 0.440 e. The molecule has 0 radical (unpaired) electrons. The molecule has 1 aromatic carbocycles. The van der Waals surface area contributed by atoms with Gasteiger partial charge in [-0.3, -0.25) is 10.1 Å². The first kappa shape index (κ1) is 11.6. The van der Waals surface area contributed by atoms with E-state index in [0.29, 0.717) is 0 Å². The second-order valence-corrected chi connectivity index (χ2v) is 3.30. The molecule has 0 atom stereocenters. The van der Waals surface area contributed by atoms with Gasteiger partial charge >= 0.3 is 6.09 Å². The van der Waals surface area contributed by atoms with E-state index in [0.717, 1.165) is 4.68 Å². The summed E-state index contributed by atoms with van der Waals surface area (Å²) in [5, 5.41) is 14.1. The van der Waals surface area contributed by atoms with Crippen LogP contribution in [-0.4, -0.2) is 20.8 Å². The van der Waals surface area contributed by atoms with Crippen molar-refractivity contribution in [3.05, 3.63) is 46.6 Å². The summed E-state index contributed by atoms with van der Waals surface area (Å²) < 4.78 is 5.86. The Morgan fingerprint density at radius 1 is 1.33 bits per heavy atom. The van der Waals surface area contributed by atoms with Crippen molar-refractivity contribution < 1.29 is 14.5 Å². The van der Waals surface area contributed by atoms with Gasteiger partial charge in [0, 0.05) is 24.4 Å². The molecular weight excluding hydrogens is 240 g/mol. The Morgan fingerprint density at radius 3 is 2.50 bits per heavy atom. The van der Waals surface area contributed by atoms with Gasteiger partial charge in [0.25, 0.3) is 5.69 Å². The average molecular weight is 248 g/mol. The van der Waals surface area contributed by atoms with Gasteiger partial charge in [0.15, 0.2) is 0 Å². The van der Waals surface area contributed by atoms with Crippen molar-refractivity contribution in [1.29, 1.82) is 0 Å². The van der Waals surface area contributed by atoms with E-state index in [1.807, 2.05) is 0 Å². The van der Waals surface area contributed by atoms with Crippen LogP contribution in [0.15, 0.2) is 36.5 Å². The third-order valence-corrected chi connectivity index (χ3v) is 2.05. The maximum absolute atomic E-state index is 11.5. The highest BCUT2D eigenvalue weighted by Gasteiger charge is 2.10. The number of nitrogens with two attached hydrogens (primary N) is 1. The van der Waals surface area contributed by atoms with E-state index in [4.69, 9.17) is 10.5 Å². The molecule has 1 aromatic heterocycles. The normalized spacial score (nSPS) is 10.0. The summed E-state index contributed by atoms with van der Waals surface area (Å²) in [6.45, 7) is 0. The minimum Gasteiger partial charge on any atom is -0.409 e. The van der Waals surface area contributed by atoms with Gasteiger partial charge in [0.1, 0.15) is 11.6 Å². The predicted molar refractivity (Wildman–Crippen MR) is 61.2 cm³/mol. The molecule has 0 saturated heterocycles. The Hall–Kier alpha value is -2.90. The molecule has 2 N–H and O–H groups in total. The van der Waals surface area contributed by atoms with Gasteiger partial charge < -0.3 is 10.5 Å². The molecule has 0 spiro atoms. The zero-order chi connectivity index (χ0) is 13.1. The van der Waals surface area contributed by atoms with Gasteiger partial charge in [-0.2, -0.15) is 4.68 Å². The van der Waals surface area contributed by atoms with Gasteiger partial charge in [-0.15, -0.1) is 5.10 Å². The molecule has 2 aromatic rings. The Balaban J connectivity index is 2.10. The first-order valence-corrected chi connectivity index (χ1v) is 4.84. The van der Waals surface area contributed by atoms with Crippen molar-refractivity contribution in [3.8, 4) is 5.75 Å². The van der Waals surface area contributed by atoms with E-state index in [-0.39, 0.29) is 17.3 Å². The maximum Gasteiger partial charge on any atom is 0.440 e. The quantitative estimate of drug-likeness (QED) is 0.635. The van der Waals surface area contributed by atoms with Crippen molar-refractivity contribution >= 4 is 17.6 Å². The van der Waals surface area contributed by atoms with Crippen LogP contribution in [0.25, 0.3) is 0 Å². The lowest BCUT2D eigenvalue weighted by atomic mass is 10.3. The van der Waals surface area contributed by atoms with Gasteiger partial charge in [0.2, 0.25) is 0 Å². The number of anilines is 1. The minimum atomic E-state index is -0.749. The Kier molecular flexibility index (Phi) is 2.92. The van der Waals surface area contributed by atoms with Crippen LogP contribution in [0.1, 0.15) is 0 Å². The number of hydrogen-bond acceptors (Lipinski definition) is 6. The lowest BCUT2D eigenvalue weighted by molar-refractivity contribution is -0.384. The predicted octanol–water partition coefficient (Wildman–Crippen LogP) is 1.42. The molecular formula is C10H8N4O4. The zero-order valence-corrected chi connectivity index (χ0v) is 9.02. The monoisotopic (exact) mass is 248 g/mol. The number of carbonyl (C=O) groups excluding carboxylic acids is 1. The Morgan fingerprint density at radius 2 is 2.00 bits per heavy atom. The number of nitrogen functional groups attached to an aromatic ring is 1. The highest BCUT2D eigenvalue weighted by molar-refractivity contribution is 5.72. The second kappa shape index (κ2) is 4.53. The van der Waals surface area contributed by atoms with Gasteiger partial charge in [-0.1, -0.05) is 0 Å². The number of hydrogen-bond donors (Lipinski definition) is 1. The van der Waals surface area contributed by atoms with Gasteiger partial charge in [-0.25, -0.2) is 4.79 Å². The summed E-state index contributed by atoms with van der Waals surface area (Å²) in [7, 11) is 0. The second-order valence-electron chi connectivity index (χ2n) is 3.30. The molecule has 0 saturated carbocycles. The zero-order valence-electron chi connectivity index (χ0n) is 9.02. The van der Waals surface area contributed by atoms with Crippen molar-refractivity contribution in [2.75, 3.05) is 5.73 Å². The number of rotatable bonds is 2. The molecule has 0 bridgehead atoms. The lowest BCUT2D eigenvalue weighted by Crippen LogP contribution is -2.17. The Bertz CT molecular complexity index is 590. The molecule has 18 heavy (non-hydrogen) atoms. The number of carbonyl (C=O) groups is 1. The molecule has 8 nitrogen and oxygen atoms in total. The molecule has 2 rings (SSSR count). The number of non-ortho nitro benzene ring substituents is 1. The summed E-state index contributed by atoms with van der Waals surface area (Å²) >= 11 is 0. The molecule has 0 amide bonds. The fourth-order valence-corrected chi connectivity index (χ4v) is 1.22. The SMILES string of the molecule is Nc1ccn(C(=O)Oc2ccc([N+](=O)[O-])cc2)n1. The standard InChI is InChI=1S/C10H8N4O4/c11-9-5-6-13(12-9)10(15)18-8-3-1-7(2-4-8)14(16)17/h1-6H,(H2,11,12). The number of ether oxygens (including phenoxy) is 1. The average Bonchev–Trinajstić information content (AvgIpc) is 2.76. The van der Waals surface area contributed by atoms with Gasteiger partial charge in [0.05, 0.1) is 4.92 Å².